The maximum absolute atomic E-state index is 11.9. The minimum Gasteiger partial charge on any atom is -0.298 e. The summed E-state index contributed by atoms with van der Waals surface area (Å²) in [7, 11) is 0. The van der Waals surface area contributed by atoms with Gasteiger partial charge in [-0.1, -0.05) is 25.1 Å². The molecule has 0 saturated heterocycles. The Hall–Kier alpha value is -1.81. The smallest absolute Gasteiger partial charge is 0.279 e. The van der Waals surface area contributed by atoms with E-state index >= 15 is 0 Å². The summed E-state index contributed by atoms with van der Waals surface area (Å²) in [4.78, 5) is 13.9. The van der Waals surface area contributed by atoms with Crippen LogP contribution in [0.2, 0.25) is 0 Å². The van der Waals surface area contributed by atoms with Crippen molar-refractivity contribution in [3.63, 3.8) is 0 Å². The van der Waals surface area contributed by atoms with Crippen LogP contribution in [-0.4, -0.2) is 5.91 Å². The van der Waals surface area contributed by atoms with Gasteiger partial charge < -0.3 is 0 Å². The van der Waals surface area contributed by atoms with Crippen molar-refractivity contribution in [2.75, 3.05) is 5.43 Å². The van der Waals surface area contributed by atoms with Crippen LogP contribution in [0.3, 0.4) is 0 Å². The Morgan fingerprint density at radius 1 is 1.28 bits per heavy atom. The van der Waals surface area contributed by atoms with Gasteiger partial charge in [0.1, 0.15) is 0 Å². The fourth-order valence-electron chi connectivity index (χ4n) is 1.69. The number of carbonyl (C=O) groups is 1. The first-order valence-electron chi connectivity index (χ1n) is 5.91. The van der Waals surface area contributed by atoms with Crippen LogP contribution in [0.25, 0.3) is 0 Å². The van der Waals surface area contributed by atoms with Gasteiger partial charge in [-0.25, -0.2) is 0 Å². The van der Waals surface area contributed by atoms with Crippen LogP contribution in [0.15, 0.2) is 36.4 Å². The zero-order chi connectivity index (χ0) is 13.0. The number of benzene rings is 1. The summed E-state index contributed by atoms with van der Waals surface area (Å²) in [5, 5.41) is 0. The fraction of sp³-hybridized carbons (Fsp3) is 0.214. The Kier molecular flexibility index (Phi) is 3.99. The molecule has 2 N–H and O–H groups in total. The van der Waals surface area contributed by atoms with Crippen LogP contribution in [0.1, 0.15) is 27.0 Å². The van der Waals surface area contributed by atoms with Crippen LogP contribution < -0.4 is 10.9 Å². The van der Waals surface area contributed by atoms with E-state index in [9.17, 15) is 4.79 Å². The minimum absolute atomic E-state index is 0.0911. The molecule has 0 bridgehead atoms. The molecule has 2 rings (SSSR count). The summed E-state index contributed by atoms with van der Waals surface area (Å²) in [5.41, 5.74) is 7.66. The molecule has 1 aromatic carbocycles. The molecule has 18 heavy (non-hydrogen) atoms. The van der Waals surface area contributed by atoms with Gasteiger partial charge >= 0.3 is 0 Å². The molecule has 1 aromatic heterocycles. The molecular formula is C14H16N2OS. The number of hydrogen-bond donors (Lipinski definition) is 2. The van der Waals surface area contributed by atoms with Crippen LogP contribution in [0.5, 0.6) is 0 Å². The van der Waals surface area contributed by atoms with Gasteiger partial charge in [-0.3, -0.25) is 15.6 Å². The molecule has 0 spiro atoms. The second kappa shape index (κ2) is 5.69. The Morgan fingerprint density at radius 2 is 2.00 bits per heavy atom. The normalized spacial score (nSPS) is 10.1. The monoisotopic (exact) mass is 260 g/mol. The Balaban J connectivity index is 1.99. The third kappa shape index (κ3) is 2.90. The van der Waals surface area contributed by atoms with Crippen molar-refractivity contribution in [1.29, 1.82) is 0 Å². The van der Waals surface area contributed by atoms with Gasteiger partial charge in [-0.2, -0.15) is 0 Å². The number of nitrogens with one attached hydrogen (secondary N) is 2. The number of amides is 1. The summed E-state index contributed by atoms with van der Waals surface area (Å²) in [6, 6.07) is 11.5. The van der Waals surface area contributed by atoms with Gasteiger partial charge in [-0.15, -0.1) is 11.3 Å². The Bertz CT molecular complexity index is 534. The van der Waals surface area contributed by atoms with Gasteiger partial charge in [0.2, 0.25) is 0 Å². The summed E-state index contributed by atoms with van der Waals surface area (Å²) < 4.78 is 0. The number of carbonyl (C=O) groups excluding carboxylic acids is 1. The third-order valence-electron chi connectivity index (χ3n) is 2.66. The average molecular weight is 260 g/mol. The van der Waals surface area contributed by atoms with Crippen LogP contribution >= 0.6 is 11.3 Å². The summed E-state index contributed by atoms with van der Waals surface area (Å²) >= 11 is 1.55. The molecule has 1 amide bonds. The van der Waals surface area contributed by atoms with Crippen molar-refractivity contribution >= 4 is 22.9 Å². The number of hydrazine groups is 1. The molecule has 0 atom stereocenters. The highest BCUT2D eigenvalue weighted by molar-refractivity contribution is 7.14. The Labute approximate surface area is 111 Å². The lowest BCUT2D eigenvalue weighted by molar-refractivity contribution is 0.0966. The number of hydrogen-bond acceptors (Lipinski definition) is 3. The van der Waals surface area contributed by atoms with E-state index in [-0.39, 0.29) is 5.91 Å². The highest BCUT2D eigenvalue weighted by Gasteiger charge is 2.10. The number of aryl methyl sites for hydroxylation is 2. The first-order valence-corrected chi connectivity index (χ1v) is 6.73. The predicted octanol–water partition coefficient (Wildman–Crippen LogP) is 3.38. The quantitative estimate of drug-likeness (QED) is 0.827. The first-order chi connectivity index (χ1) is 8.70. The van der Waals surface area contributed by atoms with E-state index in [0.717, 1.165) is 17.0 Å². The van der Waals surface area contributed by atoms with Crippen molar-refractivity contribution in [3.05, 3.63) is 51.7 Å². The van der Waals surface area contributed by atoms with Gasteiger partial charge in [0.25, 0.3) is 5.91 Å². The first kappa shape index (κ1) is 12.6. The summed E-state index contributed by atoms with van der Waals surface area (Å²) in [5.74, 6) is -0.0911. The SMILES string of the molecule is CCc1sc(C(=O)NNc2ccccc2)cc1C. The number of para-hydroxylation sites is 1. The largest absolute Gasteiger partial charge is 0.298 e. The molecule has 94 valence electrons. The molecule has 0 radical (unpaired) electrons. The zero-order valence-corrected chi connectivity index (χ0v) is 11.3. The predicted molar refractivity (Wildman–Crippen MR) is 76.0 cm³/mol. The van der Waals surface area contributed by atoms with Crippen LogP contribution in [-0.2, 0) is 6.42 Å². The second-order valence-corrected chi connectivity index (χ2v) is 5.15. The van der Waals surface area contributed by atoms with Crippen molar-refractivity contribution in [2.45, 2.75) is 20.3 Å². The molecule has 4 heteroatoms. The van der Waals surface area contributed by atoms with E-state index in [1.807, 2.05) is 43.3 Å². The zero-order valence-electron chi connectivity index (χ0n) is 10.5. The van der Waals surface area contributed by atoms with Gasteiger partial charge in [0.15, 0.2) is 0 Å². The minimum atomic E-state index is -0.0911. The lowest BCUT2D eigenvalue weighted by Crippen LogP contribution is -2.28. The average Bonchev–Trinajstić information content (AvgIpc) is 2.78. The molecule has 0 aliphatic carbocycles. The van der Waals surface area contributed by atoms with Crippen LogP contribution in [0, 0.1) is 6.92 Å². The second-order valence-electron chi connectivity index (χ2n) is 4.02. The standard InChI is InChI=1S/C14H16N2OS/c1-3-12-10(2)9-13(18-12)14(17)16-15-11-7-5-4-6-8-11/h4-9,15H,3H2,1-2H3,(H,16,17). The lowest BCUT2D eigenvalue weighted by atomic mass is 10.2. The van der Waals surface area contributed by atoms with E-state index in [4.69, 9.17) is 0 Å². The topological polar surface area (TPSA) is 41.1 Å². The van der Waals surface area contributed by atoms with E-state index in [1.54, 1.807) is 11.3 Å². The molecular weight excluding hydrogens is 244 g/mol. The molecule has 1 heterocycles. The van der Waals surface area contributed by atoms with Crippen molar-refractivity contribution < 1.29 is 4.79 Å². The molecule has 0 fully saturated rings. The molecule has 0 aliphatic rings. The fourth-order valence-corrected chi connectivity index (χ4v) is 2.70. The van der Waals surface area contributed by atoms with Crippen LogP contribution in [0.4, 0.5) is 5.69 Å². The molecule has 0 saturated carbocycles. The summed E-state index contributed by atoms with van der Waals surface area (Å²) in [6.45, 7) is 4.14. The maximum atomic E-state index is 11.9. The number of rotatable bonds is 4. The van der Waals surface area contributed by atoms with Gasteiger partial charge in [-0.05, 0) is 37.1 Å². The van der Waals surface area contributed by atoms with Crippen molar-refractivity contribution in [3.8, 4) is 0 Å². The maximum Gasteiger partial charge on any atom is 0.279 e. The van der Waals surface area contributed by atoms with E-state index < -0.39 is 0 Å². The molecule has 0 aliphatic heterocycles. The highest BCUT2D eigenvalue weighted by atomic mass is 32.1. The number of anilines is 1. The van der Waals surface area contributed by atoms with Gasteiger partial charge in [0.05, 0.1) is 10.6 Å². The third-order valence-corrected chi connectivity index (χ3v) is 4.04. The highest BCUT2D eigenvalue weighted by Crippen LogP contribution is 2.22. The Morgan fingerprint density at radius 3 is 2.61 bits per heavy atom. The number of thiophene rings is 1. The van der Waals surface area contributed by atoms with E-state index in [1.165, 1.54) is 10.4 Å². The van der Waals surface area contributed by atoms with Crippen molar-refractivity contribution in [2.24, 2.45) is 0 Å². The lowest BCUT2D eigenvalue weighted by Gasteiger charge is -2.06. The van der Waals surface area contributed by atoms with E-state index in [2.05, 4.69) is 17.8 Å². The van der Waals surface area contributed by atoms with Gasteiger partial charge in [0, 0.05) is 4.88 Å². The molecule has 3 nitrogen and oxygen atoms in total. The van der Waals surface area contributed by atoms with Crippen molar-refractivity contribution in [1.82, 2.24) is 5.43 Å². The molecule has 2 aromatic rings. The summed E-state index contributed by atoms with van der Waals surface area (Å²) in [6.07, 6.45) is 0.968. The van der Waals surface area contributed by atoms with E-state index in [0.29, 0.717) is 0 Å². The molecule has 0 unspecified atom stereocenters.